The van der Waals surface area contributed by atoms with Crippen LogP contribution < -0.4 is 15.2 Å². The first-order valence-corrected chi connectivity index (χ1v) is 12.4. The smallest absolute Gasteiger partial charge is 0.414 e. The highest BCUT2D eigenvalue weighted by molar-refractivity contribution is 7.80. The van der Waals surface area contributed by atoms with E-state index in [1.54, 1.807) is 17.9 Å². The van der Waals surface area contributed by atoms with Crippen molar-refractivity contribution in [3.8, 4) is 0 Å². The van der Waals surface area contributed by atoms with Gasteiger partial charge in [-0.15, -0.1) is 0 Å². The summed E-state index contributed by atoms with van der Waals surface area (Å²) >= 11 is 5.01. The number of carbonyl (C=O) groups is 2. The highest BCUT2D eigenvalue weighted by Crippen LogP contribution is 2.31. The van der Waals surface area contributed by atoms with E-state index in [1.165, 1.54) is 17.0 Å². The van der Waals surface area contributed by atoms with Crippen molar-refractivity contribution in [1.82, 2.24) is 15.6 Å². The molecule has 0 bridgehead atoms. The summed E-state index contributed by atoms with van der Waals surface area (Å²) in [6, 6.07) is 4.03. The SMILES string of the molecule is COC(=S)CC[C@H]1CN(c2cc(F)c(N3CCNN(C(=O)CCc4cc(C)on4)CC3)c(F)c2)C(=O)O1. The summed E-state index contributed by atoms with van der Waals surface area (Å²) in [5.74, 6) is -1.07. The van der Waals surface area contributed by atoms with Crippen LogP contribution in [0.2, 0.25) is 0 Å². The van der Waals surface area contributed by atoms with Gasteiger partial charge in [-0.25, -0.2) is 19.0 Å². The maximum absolute atomic E-state index is 15.2. The molecule has 13 heteroatoms. The Morgan fingerprint density at radius 1 is 1.22 bits per heavy atom. The number of amides is 2. The number of halogens is 2. The van der Waals surface area contributed by atoms with Gasteiger partial charge in [-0.3, -0.25) is 14.7 Å². The molecule has 2 aromatic rings. The average Bonchev–Trinajstić information content (AvgIpc) is 3.37. The van der Waals surface area contributed by atoms with Gasteiger partial charge >= 0.3 is 6.09 Å². The molecule has 2 aliphatic heterocycles. The van der Waals surface area contributed by atoms with E-state index in [0.717, 1.165) is 12.1 Å². The molecule has 200 valence electrons. The lowest BCUT2D eigenvalue weighted by Gasteiger charge is -2.25. The number of hydrogen-bond donors (Lipinski definition) is 1. The summed E-state index contributed by atoms with van der Waals surface area (Å²) < 4.78 is 45.6. The Bertz CT molecular complexity index is 1140. The van der Waals surface area contributed by atoms with Crippen LogP contribution in [-0.2, 0) is 20.7 Å². The molecule has 0 radical (unpaired) electrons. The monoisotopic (exact) mass is 537 g/mol. The molecule has 1 aromatic heterocycles. The minimum absolute atomic E-state index is 0.0772. The molecule has 1 atom stereocenters. The maximum Gasteiger partial charge on any atom is 0.414 e. The van der Waals surface area contributed by atoms with Crippen molar-refractivity contribution < 1.29 is 32.4 Å². The van der Waals surface area contributed by atoms with Crippen LogP contribution in [0.25, 0.3) is 0 Å². The third-order valence-corrected chi connectivity index (χ3v) is 6.62. The van der Waals surface area contributed by atoms with Crippen LogP contribution in [0.15, 0.2) is 22.7 Å². The van der Waals surface area contributed by atoms with Crippen molar-refractivity contribution in [3.05, 3.63) is 41.3 Å². The second-order valence-electron chi connectivity index (χ2n) is 8.86. The fraction of sp³-hybridized carbons (Fsp3) is 0.500. The second kappa shape index (κ2) is 11.8. The van der Waals surface area contributed by atoms with Crippen molar-refractivity contribution in [1.29, 1.82) is 0 Å². The normalized spacial score (nSPS) is 18.1. The molecule has 2 amide bonds. The number of nitrogens with one attached hydrogen (secondary N) is 1. The Hall–Kier alpha value is -3.32. The third-order valence-electron chi connectivity index (χ3n) is 6.25. The van der Waals surface area contributed by atoms with Crippen molar-refractivity contribution in [2.75, 3.05) is 49.6 Å². The molecule has 0 unspecified atom stereocenters. The number of hydrogen-bond acceptors (Lipinski definition) is 9. The molecule has 2 fully saturated rings. The van der Waals surface area contributed by atoms with Crippen LogP contribution in [-0.4, -0.2) is 73.2 Å². The number of ether oxygens (including phenoxy) is 2. The first-order valence-electron chi connectivity index (χ1n) is 12.0. The first kappa shape index (κ1) is 26.7. The summed E-state index contributed by atoms with van der Waals surface area (Å²) in [4.78, 5) is 27.7. The number of cyclic esters (lactones) is 1. The van der Waals surface area contributed by atoms with Crippen LogP contribution in [0.1, 0.15) is 30.7 Å². The van der Waals surface area contributed by atoms with E-state index in [4.69, 9.17) is 26.2 Å². The van der Waals surface area contributed by atoms with E-state index in [2.05, 4.69) is 10.6 Å². The van der Waals surface area contributed by atoms with Gasteiger partial charge in [-0.1, -0.05) is 5.16 Å². The number of aromatic nitrogens is 1. The zero-order chi connectivity index (χ0) is 26.5. The number of carbonyl (C=O) groups excluding carboxylic acids is 2. The first-order chi connectivity index (χ1) is 17.7. The molecule has 2 aliphatic rings. The minimum atomic E-state index is -0.798. The largest absolute Gasteiger partial charge is 0.490 e. The van der Waals surface area contributed by atoms with E-state index < -0.39 is 23.8 Å². The predicted molar refractivity (Wildman–Crippen MR) is 134 cm³/mol. The summed E-state index contributed by atoms with van der Waals surface area (Å²) in [5, 5.41) is 5.75. The highest BCUT2D eigenvalue weighted by atomic mass is 32.1. The van der Waals surface area contributed by atoms with Crippen LogP contribution in [0.5, 0.6) is 0 Å². The van der Waals surface area contributed by atoms with Crippen LogP contribution >= 0.6 is 12.2 Å². The van der Waals surface area contributed by atoms with Crippen LogP contribution in [0.4, 0.5) is 25.0 Å². The molecule has 10 nitrogen and oxygen atoms in total. The van der Waals surface area contributed by atoms with Crippen molar-refractivity contribution in [2.24, 2.45) is 0 Å². The van der Waals surface area contributed by atoms with E-state index in [1.807, 2.05) is 0 Å². The van der Waals surface area contributed by atoms with E-state index in [0.29, 0.717) is 42.3 Å². The Morgan fingerprint density at radius 3 is 2.65 bits per heavy atom. The number of thiocarbonyl (C=S) groups is 1. The van der Waals surface area contributed by atoms with E-state index in [9.17, 15) is 9.59 Å². The molecule has 3 heterocycles. The zero-order valence-electron chi connectivity index (χ0n) is 20.7. The summed E-state index contributed by atoms with van der Waals surface area (Å²) in [7, 11) is 1.47. The summed E-state index contributed by atoms with van der Waals surface area (Å²) in [5.41, 5.74) is 3.59. The average molecular weight is 538 g/mol. The lowest BCUT2D eigenvalue weighted by molar-refractivity contribution is -0.133. The second-order valence-corrected chi connectivity index (χ2v) is 9.31. The van der Waals surface area contributed by atoms with E-state index in [-0.39, 0.29) is 49.9 Å². The molecule has 1 aromatic carbocycles. The Labute approximate surface area is 218 Å². The highest BCUT2D eigenvalue weighted by Gasteiger charge is 2.34. The van der Waals surface area contributed by atoms with Gasteiger partial charge in [0.25, 0.3) is 0 Å². The van der Waals surface area contributed by atoms with Crippen LogP contribution in [0, 0.1) is 18.6 Å². The quantitative estimate of drug-likeness (QED) is 0.509. The molecule has 4 rings (SSSR count). The van der Waals surface area contributed by atoms with Crippen LogP contribution in [0.3, 0.4) is 0 Å². The van der Waals surface area contributed by atoms with Gasteiger partial charge in [0.2, 0.25) is 5.91 Å². The molecular weight excluding hydrogens is 508 g/mol. The summed E-state index contributed by atoms with van der Waals surface area (Å²) in [6.07, 6.45) is 0.407. The number of benzene rings is 1. The number of nitrogens with zero attached hydrogens (tertiary/aromatic N) is 4. The number of aryl methyl sites for hydroxylation is 2. The lowest BCUT2D eigenvalue weighted by Crippen LogP contribution is -2.43. The summed E-state index contributed by atoms with van der Waals surface area (Å²) in [6.45, 7) is 3.00. The number of hydrazine groups is 1. The number of rotatable bonds is 8. The molecular formula is C24H29F2N5O5S. The zero-order valence-corrected chi connectivity index (χ0v) is 21.5. The van der Waals surface area contributed by atoms with Gasteiger partial charge in [0.15, 0.2) is 16.7 Å². The van der Waals surface area contributed by atoms with Gasteiger partial charge < -0.3 is 18.9 Å². The molecule has 0 saturated carbocycles. The Balaban J connectivity index is 1.37. The lowest BCUT2D eigenvalue weighted by atomic mass is 10.2. The minimum Gasteiger partial charge on any atom is -0.490 e. The number of methoxy groups -OCH3 is 1. The van der Waals surface area contributed by atoms with Crippen molar-refractivity contribution in [2.45, 2.75) is 38.7 Å². The van der Waals surface area contributed by atoms with Gasteiger partial charge in [0, 0.05) is 57.1 Å². The Kier molecular flexibility index (Phi) is 8.54. The number of anilines is 2. The van der Waals surface area contributed by atoms with Crippen molar-refractivity contribution in [3.63, 3.8) is 0 Å². The standard InChI is InChI=1S/C24H29F2N5O5S/c1-15-11-16(28-36-15)3-5-21(32)31-10-9-29(8-7-27-31)23-19(25)12-17(13-20(23)26)30-14-18(35-24(30)33)4-6-22(37)34-2/h11-13,18,27H,3-10,14H2,1-2H3/t18-/m0/s1. The van der Waals surface area contributed by atoms with Gasteiger partial charge in [0.05, 0.1) is 31.6 Å². The molecule has 2 saturated heterocycles. The molecule has 0 spiro atoms. The fourth-order valence-electron chi connectivity index (χ4n) is 4.35. The molecule has 1 N–H and O–H groups in total. The molecule has 0 aliphatic carbocycles. The third kappa shape index (κ3) is 6.52. The topological polar surface area (TPSA) is 100 Å². The Morgan fingerprint density at radius 2 is 1.97 bits per heavy atom. The van der Waals surface area contributed by atoms with E-state index >= 15 is 8.78 Å². The van der Waals surface area contributed by atoms with Crippen molar-refractivity contribution >= 4 is 40.6 Å². The fourth-order valence-corrected chi connectivity index (χ4v) is 4.47. The van der Waals surface area contributed by atoms with Gasteiger partial charge in [-0.05, 0) is 25.6 Å². The predicted octanol–water partition coefficient (Wildman–Crippen LogP) is 3.13. The maximum atomic E-state index is 15.2. The molecule has 37 heavy (non-hydrogen) atoms. The van der Waals surface area contributed by atoms with Gasteiger partial charge in [-0.2, -0.15) is 0 Å². The van der Waals surface area contributed by atoms with Gasteiger partial charge in [0.1, 0.15) is 17.6 Å².